The van der Waals surface area contributed by atoms with Crippen LogP contribution in [-0.4, -0.2) is 9.78 Å². The van der Waals surface area contributed by atoms with E-state index >= 15 is 0 Å². The molecule has 5 heteroatoms. The first-order chi connectivity index (χ1) is 9.13. The third-order valence-corrected chi connectivity index (χ3v) is 2.92. The second kappa shape index (κ2) is 5.73. The molecule has 0 radical (unpaired) electrons. The zero-order valence-electron chi connectivity index (χ0n) is 11.2. The first-order valence-corrected chi connectivity index (χ1v) is 6.37. The summed E-state index contributed by atoms with van der Waals surface area (Å²) in [4.78, 5) is 0. The Bertz CT molecular complexity index is 566. The van der Waals surface area contributed by atoms with Crippen LogP contribution in [0.2, 0.25) is 0 Å². The van der Waals surface area contributed by atoms with Crippen molar-refractivity contribution in [2.75, 3.05) is 5.73 Å². The third-order valence-electron chi connectivity index (χ3n) is 2.92. The van der Waals surface area contributed by atoms with Gasteiger partial charge in [-0.2, -0.15) is 5.10 Å². The molecule has 2 N–H and O–H groups in total. The van der Waals surface area contributed by atoms with E-state index in [-0.39, 0.29) is 5.82 Å². The molecule has 0 saturated carbocycles. The minimum atomic E-state index is -0.364. The van der Waals surface area contributed by atoms with Gasteiger partial charge in [0, 0.05) is 12.6 Å². The average molecular weight is 263 g/mol. The van der Waals surface area contributed by atoms with Crippen LogP contribution in [0.5, 0.6) is 5.75 Å². The first kappa shape index (κ1) is 13.4. The Morgan fingerprint density at radius 1 is 1.32 bits per heavy atom. The molecule has 0 aliphatic rings. The third kappa shape index (κ3) is 3.05. The monoisotopic (exact) mass is 263 g/mol. The van der Waals surface area contributed by atoms with Gasteiger partial charge in [0.05, 0.1) is 17.1 Å². The maximum Gasteiger partial charge on any atom is 0.142 e. The van der Waals surface area contributed by atoms with Gasteiger partial charge in [0.15, 0.2) is 0 Å². The number of halogens is 1. The smallest absolute Gasteiger partial charge is 0.142 e. The fourth-order valence-corrected chi connectivity index (χ4v) is 1.88. The maximum atomic E-state index is 12.9. The Labute approximate surface area is 112 Å². The van der Waals surface area contributed by atoms with Crippen LogP contribution < -0.4 is 10.5 Å². The number of nitrogens with zero attached hydrogens (tertiary/aromatic N) is 2. The van der Waals surface area contributed by atoms with Gasteiger partial charge in [-0.05, 0) is 31.5 Å². The van der Waals surface area contributed by atoms with E-state index in [0.29, 0.717) is 18.0 Å². The number of rotatable bonds is 5. The summed E-state index contributed by atoms with van der Waals surface area (Å²) >= 11 is 0. The fourth-order valence-electron chi connectivity index (χ4n) is 1.88. The minimum absolute atomic E-state index is 0.304. The van der Waals surface area contributed by atoms with Crippen molar-refractivity contribution < 1.29 is 9.13 Å². The highest BCUT2D eigenvalue weighted by molar-refractivity contribution is 5.52. The molecule has 0 fully saturated rings. The maximum absolute atomic E-state index is 12.9. The molecule has 0 amide bonds. The summed E-state index contributed by atoms with van der Waals surface area (Å²) in [5, 5.41) is 4.44. The summed E-state index contributed by atoms with van der Waals surface area (Å²) in [7, 11) is 0. The van der Waals surface area contributed by atoms with Crippen molar-refractivity contribution in [1.82, 2.24) is 9.78 Å². The van der Waals surface area contributed by atoms with Crippen LogP contribution in [0.25, 0.3) is 0 Å². The molecule has 0 spiro atoms. The van der Waals surface area contributed by atoms with E-state index in [0.717, 1.165) is 24.4 Å². The Balaban J connectivity index is 2.11. The van der Waals surface area contributed by atoms with Gasteiger partial charge in [0.1, 0.15) is 18.2 Å². The van der Waals surface area contributed by atoms with Gasteiger partial charge in [-0.3, -0.25) is 4.68 Å². The van der Waals surface area contributed by atoms with Crippen LogP contribution in [0.3, 0.4) is 0 Å². The van der Waals surface area contributed by atoms with Gasteiger partial charge in [0.25, 0.3) is 0 Å². The predicted octanol–water partition coefficient (Wildman–Crippen LogP) is 2.77. The lowest BCUT2D eigenvalue weighted by Gasteiger charge is -2.09. The van der Waals surface area contributed by atoms with E-state index in [2.05, 4.69) is 12.0 Å². The number of hydrogen-bond acceptors (Lipinski definition) is 3. The summed E-state index contributed by atoms with van der Waals surface area (Å²) in [5.41, 5.74) is 8.03. The topological polar surface area (TPSA) is 53.1 Å². The molecule has 0 atom stereocenters. The number of aromatic nitrogens is 2. The van der Waals surface area contributed by atoms with Crippen LogP contribution in [0.4, 0.5) is 10.1 Å². The van der Waals surface area contributed by atoms with Crippen LogP contribution in [0.15, 0.2) is 24.3 Å². The van der Waals surface area contributed by atoms with E-state index in [1.54, 1.807) is 0 Å². The van der Waals surface area contributed by atoms with E-state index in [1.807, 2.05) is 17.7 Å². The molecule has 0 saturated heterocycles. The molecule has 1 aromatic carbocycles. The lowest BCUT2D eigenvalue weighted by Crippen LogP contribution is -2.07. The molecule has 0 bridgehead atoms. The summed E-state index contributed by atoms with van der Waals surface area (Å²) in [6, 6.07) is 6.14. The molecule has 0 unspecified atom stereocenters. The fraction of sp³-hybridized carbons (Fsp3) is 0.357. The minimum Gasteiger partial charge on any atom is -0.485 e. The molecule has 102 valence electrons. The van der Waals surface area contributed by atoms with Crippen molar-refractivity contribution in [3.05, 3.63) is 41.5 Å². The summed E-state index contributed by atoms with van der Waals surface area (Å²) in [6.45, 7) is 5.25. The number of ether oxygens (including phenoxy) is 1. The van der Waals surface area contributed by atoms with Crippen molar-refractivity contribution in [1.29, 1.82) is 0 Å². The normalized spacial score (nSPS) is 10.7. The first-order valence-electron chi connectivity index (χ1n) is 6.37. The number of nitrogens with two attached hydrogens (primary N) is 1. The van der Waals surface area contributed by atoms with E-state index in [9.17, 15) is 4.39 Å². The molecule has 1 aromatic heterocycles. The Morgan fingerprint density at radius 2 is 2.11 bits per heavy atom. The highest BCUT2D eigenvalue weighted by Crippen LogP contribution is 2.23. The van der Waals surface area contributed by atoms with Gasteiger partial charge >= 0.3 is 0 Å². The SMILES string of the molecule is CCc1cc(COc2ccc(F)cc2N)n(CC)n1. The lowest BCUT2D eigenvalue weighted by atomic mass is 10.3. The van der Waals surface area contributed by atoms with Crippen molar-refractivity contribution in [3.8, 4) is 5.75 Å². The highest BCUT2D eigenvalue weighted by atomic mass is 19.1. The molecule has 4 nitrogen and oxygen atoms in total. The van der Waals surface area contributed by atoms with Gasteiger partial charge in [0.2, 0.25) is 0 Å². The van der Waals surface area contributed by atoms with Gasteiger partial charge < -0.3 is 10.5 Å². The largest absolute Gasteiger partial charge is 0.485 e. The predicted molar refractivity (Wildman–Crippen MR) is 72.4 cm³/mol. The molecular weight excluding hydrogens is 245 g/mol. The van der Waals surface area contributed by atoms with Crippen LogP contribution in [0, 0.1) is 5.82 Å². The molecule has 0 aliphatic carbocycles. The van der Waals surface area contributed by atoms with E-state index < -0.39 is 0 Å². The molecular formula is C14H18FN3O. The molecule has 2 rings (SSSR count). The van der Waals surface area contributed by atoms with Gasteiger partial charge in [-0.15, -0.1) is 0 Å². The van der Waals surface area contributed by atoms with Crippen LogP contribution in [-0.2, 0) is 19.6 Å². The summed E-state index contributed by atoms with van der Waals surface area (Å²) < 4.78 is 20.5. The number of benzene rings is 1. The molecule has 0 aliphatic heterocycles. The number of nitrogen functional groups attached to an aromatic ring is 1. The highest BCUT2D eigenvalue weighted by Gasteiger charge is 2.08. The molecule has 1 heterocycles. The van der Waals surface area contributed by atoms with Gasteiger partial charge in [-0.1, -0.05) is 6.92 Å². The number of aryl methyl sites for hydroxylation is 2. The summed E-state index contributed by atoms with van der Waals surface area (Å²) in [5.74, 6) is 0.125. The molecule has 19 heavy (non-hydrogen) atoms. The second-order valence-corrected chi connectivity index (χ2v) is 4.27. The zero-order chi connectivity index (χ0) is 13.8. The number of anilines is 1. The van der Waals surface area contributed by atoms with Crippen molar-refractivity contribution in [3.63, 3.8) is 0 Å². The summed E-state index contributed by atoms with van der Waals surface area (Å²) in [6.07, 6.45) is 0.888. The van der Waals surface area contributed by atoms with Crippen molar-refractivity contribution in [2.45, 2.75) is 33.4 Å². The Hall–Kier alpha value is -2.04. The van der Waals surface area contributed by atoms with Crippen LogP contribution in [0.1, 0.15) is 25.2 Å². The van der Waals surface area contributed by atoms with Crippen molar-refractivity contribution >= 4 is 5.69 Å². The average Bonchev–Trinajstić information content (AvgIpc) is 2.80. The Kier molecular flexibility index (Phi) is 4.04. The lowest BCUT2D eigenvalue weighted by molar-refractivity contribution is 0.293. The van der Waals surface area contributed by atoms with Gasteiger partial charge in [-0.25, -0.2) is 4.39 Å². The molecule has 2 aromatic rings. The standard InChI is InChI=1S/C14H18FN3O/c1-3-11-8-12(18(4-2)17-11)9-19-14-6-5-10(15)7-13(14)16/h5-8H,3-4,9,16H2,1-2H3. The van der Waals surface area contributed by atoms with Crippen molar-refractivity contribution in [2.24, 2.45) is 0 Å². The quantitative estimate of drug-likeness (QED) is 0.844. The zero-order valence-corrected chi connectivity index (χ0v) is 11.2. The van der Waals surface area contributed by atoms with E-state index in [1.165, 1.54) is 18.2 Å². The van der Waals surface area contributed by atoms with E-state index in [4.69, 9.17) is 10.5 Å². The number of hydrogen-bond donors (Lipinski definition) is 1. The second-order valence-electron chi connectivity index (χ2n) is 4.27. The Morgan fingerprint density at radius 3 is 2.74 bits per heavy atom. The van der Waals surface area contributed by atoms with Crippen LogP contribution >= 0.6 is 0 Å².